The second-order valence-corrected chi connectivity index (χ2v) is 5.42. The molecule has 1 aromatic carbocycles. The number of hydrogen-bond acceptors (Lipinski definition) is 2. The molecular formula is C18H23FN2. The molecule has 0 aliphatic carbocycles. The van der Waals surface area contributed by atoms with E-state index in [4.69, 9.17) is 0 Å². The fourth-order valence-corrected chi connectivity index (χ4v) is 2.39. The van der Waals surface area contributed by atoms with Crippen molar-refractivity contribution in [1.29, 1.82) is 0 Å². The average molecular weight is 286 g/mol. The largest absolute Gasteiger partial charge is 0.310 e. The number of aromatic nitrogens is 1. The molecule has 112 valence electrons. The summed E-state index contributed by atoms with van der Waals surface area (Å²) in [7, 11) is 0. The molecule has 0 fully saturated rings. The van der Waals surface area contributed by atoms with Crippen LogP contribution in [0.1, 0.15) is 42.5 Å². The van der Waals surface area contributed by atoms with Gasteiger partial charge in [0.05, 0.1) is 0 Å². The van der Waals surface area contributed by atoms with Gasteiger partial charge in [-0.25, -0.2) is 4.39 Å². The Bertz CT molecular complexity index is 554. The number of benzene rings is 1. The van der Waals surface area contributed by atoms with Gasteiger partial charge in [-0.05, 0) is 61.6 Å². The van der Waals surface area contributed by atoms with Gasteiger partial charge in [-0.15, -0.1) is 0 Å². The van der Waals surface area contributed by atoms with Crippen LogP contribution >= 0.6 is 0 Å². The van der Waals surface area contributed by atoms with Crippen LogP contribution in [0.5, 0.6) is 0 Å². The molecular weight excluding hydrogens is 263 g/mol. The Labute approximate surface area is 126 Å². The SMILES string of the molecule is CCCNC(CCc1cccnc1)c1ccc(C)c(F)c1. The molecule has 0 radical (unpaired) electrons. The molecule has 0 spiro atoms. The molecule has 0 aliphatic rings. The molecule has 21 heavy (non-hydrogen) atoms. The lowest BCUT2D eigenvalue weighted by Gasteiger charge is -2.19. The van der Waals surface area contributed by atoms with E-state index >= 15 is 0 Å². The molecule has 0 bridgehead atoms. The first-order valence-electron chi connectivity index (χ1n) is 7.59. The lowest BCUT2D eigenvalue weighted by Crippen LogP contribution is -2.23. The molecule has 0 saturated heterocycles. The first-order chi connectivity index (χ1) is 10.2. The molecule has 1 N–H and O–H groups in total. The zero-order valence-electron chi connectivity index (χ0n) is 12.8. The van der Waals surface area contributed by atoms with Crippen LogP contribution in [-0.2, 0) is 6.42 Å². The van der Waals surface area contributed by atoms with E-state index in [1.807, 2.05) is 24.4 Å². The molecule has 1 aromatic heterocycles. The number of nitrogens with zero attached hydrogens (tertiary/aromatic N) is 1. The van der Waals surface area contributed by atoms with E-state index in [0.29, 0.717) is 5.56 Å². The molecule has 2 nitrogen and oxygen atoms in total. The van der Waals surface area contributed by atoms with Crippen LogP contribution < -0.4 is 5.32 Å². The quantitative estimate of drug-likeness (QED) is 0.825. The van der Waals surface area contributed by atoms with Gasteiger partial charge in [0.1, 0.15) is 5.82 Å². The van der Waals surface area contributed by atoms with Gasteiger partial charge >= 0.3 is 0 Å². The van der Waals surface area contributed by atoms with Crippen molar-refractivity contribution in [1.82, 2.24) is 10.3 Å². The maximum absolute atomic E-state index is 13.8. The highest BCUT2D eigenvalue weighted by Crippen LogP contribution is 2.21. The fourth-order valence-electron chi connectivity index (χ4n) is 2.39. The minimum Gasteiger partial charge on any atom is -0.310 e. The van der Waals surface area contributed by atoms with E-state index in [1.54, 1.807) is 19.2 Å². The Morgan fingerprint density at radius 1 is 1.29 bits per heavy atom. The fraction of sp³-hybridized carbons (Fsp3) is 0.389. The normalized spacial score (nSPS) is 12.3. The summed E-state index contributed by atoms with van der Waals surface area (Å²) in [6, 6.07) is 9.76. The van der Waals surface area contributed by atoms with Crippen molar-refractivity contribution in [2.24, 2.45) is 0 Å². The van der Waals surface area contributed by atoms with Gasteiger partial charge in [0, 0.05) is 18.4 Å². The number of halogens is 1. The highest BCUT2D eigenvalue weighted by atomic mass is 19.1. The average Bonchev–Trinajstić information content (AvgIpc) is 2.51. The van der Waals surface area contributed by atoms with E-state index in [2.05, 4.69) is 23.3 Å². The number of pyridine rings is 1. The summed E-state index contributed by atoms with van der Waals surface area (Å²) in [5.41, 5.74) is 2.93. The monoisotopic (exact) mass is 286 g/mol. The predicted molar refractivity (Wildman–Crippen MR) is 84.7 cm³/mol. The Balaban J connectivity index is 2.08. The van der Waals surface area contributed by atoms with E-state index < -0.39 is 0 Å². The maximum Gasteiger partial charge on any atom is 0.126 e. The van der Waals surface area contributed by atoms with Crippen molar-refractivity contribution in [3.05, 3.63) is 65.2 Å². The standard InChI is InChI=1S/C18H23FN2/c1-3-10-21-18(9-7-15-5-4-11-20-13-15)16-8-6-14(2)17(19)12-16/h4-6,8,11-13,18,21H,3,7,9-10H2,1-2H3. The van der Waals surface area contributed by atoms with Crippen molar-refractivity contribution in [3.63, 3.8) is 0 Å². The Hall–Kier alpha value is -1.74. The molecule has 2 rings (SSSR count). The second-order valence-electron chi connectivity index (χ2n) is 5.42. The van der Waals surface area contributed by atoms with Gasteiger partial charge in [-0.1, -0.05) is 25.1 Å². The van der Waals surface area contributed by atoms with E-state index in [9.17, 15) is 4.39 Å². The van der Waals surface area contributed by atoms with Gasteiger partial charge in [0.15, 0.2) is 0 Å². The van der Waals surface area contributed by atoms with Crippen LogP contribution in [0.3, 0.4) is 0 Å². The van der Waals surface area contributed by atoms with Crippen LogP contribution in [0.2, 0.25) is 0 Å². The first-order valence-corrected chi connectivity index (χ1v) is 7.59. The summed E-state index contributed by atoms with van der Waals surface area (Å²) in [6.45, 7) is 4.87. The van der Waals surface area contributed by atoms with Crippen molar-refractivity contribution in [3.8, 4) is 0 Å². The third kappa shape index (κ3) is 4.64. The van der Waals surface area contributed by atoms with Crippen molar-refractivity contribution in [2.75, 3.05) is 6.54 Å². The topological polar surface area (TPSA) is 24.9 Å². The van der Waals surface area contributed by atoms with Crippen LogP contribution in [0.4, 0.5) is 4.39 Å². The third-order valence-electron chi connectivity index (χ3n) is 3.68. The molecule has 0 saturated carbocycles. The number of hydrogen-bond donors (Lipinski definition) is 1. The van der Waals surface area contributed by atoms with Crippen LogP contribution in [-0.4, -0.2) is 11.5 Å². The highest BCUT2D eigenvalue weighted by Gasteiger charge is 2.12. The smallest absolute Gasteiger partial charge is 0.126 e. The van der Waals surface area contributed by atoms with Crippen molar-refractivity contribution < 1.29 is 4.39 Å². The Morgan fingerprint density at radius 3 is 2.81 bits per heavy atom. The number of nitrogens with one attached hydrogen (secondary N) is 1. The minimum atomic E-state index is -0.128. The second kappa shape index (κ2) is 7.89. The Kier molecular flexibility index (Phi) is 5.88. The molecule has 1 atom stereocenters. The van der Waals surface area contributed by atoms with Gasteiger partial charge < -0.3 is 5.32 Å². The maximum atomic E-state index is 13.8. The van der Waals surface area contributed by atoms with E-state index in [0.717, 1.165) is 31.4 Å². The van der Waals surface area contributed by atoms with Gasteiger partial charge in [0.25, 0.3) is 0 Å². The van der Waals surface area contributed by atoms with E-state index in [1.165, 1.54) is 5.56 Å². The zero-order chi connectivity index (χ0) is 15.1. The lowest BCUT2D eigenvalue weighted by atomic mass is 9.98. The van der Waals surface area contributed by atoms with Crippen LogP contribution in [0.15, 0.2) is 42.7 Å². The predicted octanol–water partition coefficient (Wildman–Crippen LogP) is 4.20. The van der Waals surface area contributed by atoms with Crippen LogP contribution in [0, 0.1) is 12.7 Å². The van der Waals surface area contributed by atoms with Gasteiger partial charge in [0.2, 0.25) is 0 Å². The number of aryl methyl sites for hydroxylation is 2. The van der Waals surface area contributed by atoms with Gasteiger partial charge in [-0.3, -0.25) is 4.98 Å². The van der Waals surface area contributed by atoms with Crippen molar-refractivity contribution in [2.45, 2.75) is 39.2 Å². The molecule has 0 amide bonds. The summed E-state index contributed by atoms with van der Waals surface area (Å²) < 4.78 is 13.8. The van der Waals surface area contributed by atoms with Crippen LogP contribution in [0.25, 0.3) is 0 Å². The first kappa shape index (κ1) is 15.6. The molecule has 3 heteroatoms. The van der Waals surface area contributed by atoms with Gasteiger partial charge in [-0.2, -0.15) is 0 Å². The zero-order valence-corrected chi connectivity index (χ0v) is 12.8. The van der Waals surface area contributed by atoms with E-state index in [-0.39, 0.29) is 11.9 Å². The minimum absolute atomic E-state index is 0.128. The molecule has 1 unspecified atom stereocenters. The summed E-state index contributed by atoms with van der Waals surface area (Å²) in [6.07, 6.45) is 6.62. The molecule has 0 aliphatic heterocycles. The molecule has 2 aromatic rings. The van der Waals surface area contributed by atoms with Crippen molar-refractivity contribution >= 4 is 0 Å². The number of rotatable bonds is 7. The summed E-state index contributed by atoms with van der Waals surface area (Å²) >= 11 is 0. The summed E-state index contributed by atoms with van der Waals surface area (Å²) in [5, 5.41) is 3.52. The lowest BCUT2D eigenvalue weighted by molar-refractivity contribution is 0.495. The molecule has 1 heterocycles. The Morgan fingerprint density at radius 2 is 2.14 bits per heavy atom. The highest BCUT2D eigenvalue weighted by molar-refractivity contribution is 5.26. The third-order valence-corrected chi connectivity index (χ3v) is 3.68. The summed E-state index contributed by atoms with van der Waals surface area (Å²) in [5.74, 6) is -0.128. The summed E-state index contributed by atoms with van der Waals surface area (Å²) in [4.78, 5) is 4.14.